The van der Waals surface area contributed by atoms with Crippen LogP contribution in [0.25, 0.3) is 11.4 Å². The van der Waals surface area contributed by atoms with E-state index in [4.69, 9.17) is 4.52 Å². The lowest BCUT2D eigenvalue weighted by Crippen LogP contribution is -2.33. The Balaban J connectivity index is 0.00000208. The first-order valence-corrected chi connectivity index (χ1v) is 9.08. The van der Waals surface area contributed by atoms with Gasteiger partial charge in [0.15, 0.2) is 0 Å². The highest BCUT2D eigenvalue weighted by molar-refractivity contribution is 7.08. The fourth-order valence-corrected chi connectivity index (χ4v) is 3.39. The van der Waals surface area contributed by atoms with Crippen LogP contribution in [-0.4, -0.2) is 35.7 Å². The lowest BCUT2D eigenvalue weighted by atomic mass is 9.96. The maximum atomic E-state index is 11.9. The van der Waals surface area contributed by atoms with Gasteiger partial charge in [0.2, 0.25) is 17.6 Å². The van der Waals surface area contributed by atoms with Gasteiger partial charge in [-0.15, -0.1) is 12.4 Å². The number of hydrogen-bond acceptors (Lipinski definition) is 6. The standard InChI is InChI=1S/C16H22N4O2S.ClH/c21-14(18-8-5-12-2-1-7-17-10-12)3-4-15-19-16(20-22-15)13-6-9-23-11-13;/h6,9,11-12,17H,1-5,7-8,10H2,(H,18,21);1H. The fraction of sp³-hybridized carbons (Fsp3) is 0.562. The molecule has 1 saturated heterocycles. The number of halogens is 1. The topological polar surface area (TPSA) is 80.0 Å². The average molecular weight is 371 g/mol. The molecule has 3 rings (SSSR count). The van der Waals surface area contributed by atoms with E-state index in [0.29, 0.717) is 30.5 Å². The monoisotopic (exact) mass is 370 g/mol. The van der Waals surface area contributed by atoms with Gasteiger partial charge in [0.05, 0.1) is 0 Å². The molecule has 1 fully saturated rings. The minimum absolute atomic E-state index is 0. The van der Waals surface area contributed by atoms with Crippen molar-refractivity contribution in [2.24, 2.45) is 5.92 Å². The van der Waals surface area contributed by atoms with E-state index in [1.54, 1.807) is 11.3 Å². The minimum atomic E-state index is 0. The van der Waals surface area contributed by atoms with Crippen molar-refractivity contribution in [2.45, 2.75) is 32.1 Å². The van der Waals surface area contributed by atoms with Crippen molar-refractivity contribution < 1.29 is 9.32 Å². The van der Waals surface area contributed by atoms with E-state index in [0.717, 1.165) is 31.6 Å². The fourth-order valence-electron chi connectivity index (χ4n) is 2.76. The predicted octanol–water partition coefficient (Wildman–Crippen LogP) is 2.66. The van der Waals surface area contributed by atoms with Crippen LogP contribution in [0.3, 0.4) is 0 Å². The number of nitrogens with one attached hydrogen (secondary N) is 2. The van der Waals surface area contributed by atoms with Crippen molar-refractivity contribution in [3.05, 3.63) is 22.7 Å². The largest absolute Gasteiger partial charge is 0.356 e. The summed E-state index contributed by atoms with van der Waals surface area (Å²) in [5.41, 5.74) is 0.954. The quantitative estimate of drug-likeness (QED) is 0.783. The molecule has 3 heterocycles. The molecular weight excluding hydrogens is 348 g/mol. The number of thiophene rings is 1. The second-order valence-corrected chi connectivity index (χ2v) is 6.65. The van der Waals surface area contributed by atoms with E-state index in [2.05, 4.69) is 20.8 Å². The molecule has 24 heavy (non-hydrogen) atoms. The first-order valence-electron chi connectivity index (χ1n) is 8.14. The summed E-state index contributed by atoms with van der Waals surface area (Å²) >= 11 is 1.59. The van der Waals surface area contributed by atoms with E-state index < -0.39 is 0 Å². The van der Waals surface area contributed by atoms with Gasteiger partial charge in [-0.1, -0.05) is 5.16 Å². The summed E-state index contributed by atoms with van der Waals surface area (Å²) in [5.74, 6) is 1.83. The molecule has 0 bridgehead atoms. The third-order valence-corrected chi connectivity index (χ3v) is 4.77. The number of carbonyl (C=O) groups is 1. The molecule has 132 valence electrons. The Labute approximate surface area is 151 Å². The molecular formula is C16H23ClN4O2S. The van der Waals surface area contributed by atoms with Crippen molar-refractivity contribution in [1.29, 1.82) is 0 Å². The zero-order valence-electron chi connectivity index (χ0n) is 13.5. The zero-order valence-corrected chi connectivity index (χ0v) is 15.1. The first kappa shape index (κ1) is 18.9. The first-order chi connectivity index (χ1) is 11.3. The summed E-state index contributed by atoms with van der Waals surface area (Å²) in [6.07, 6.45) is 4.40. The second-order valence-electron chi connectivity index (χ2n) is 5.87. The molecule has 1 aliphatic heterocycles. The van der Waals surface area contributed by atoms with Crippen molar-refractivity contribution in [1.82, 2.24) is 20.8 Å². The number of rotatable bonds is 7. The van der Waals surface area contributed by atoms with Gasteiger partial charge in [0, 0.05) is 30.3 Å². The molecule has 0 spiro atoms. The number of aryl methyl sites for hydroxylation is 1. The Morgan fingerprint density at radius 2 is 2.42 bits per heavy atom. The maximum absolute atomic E-state index is 11.9. The van der Waals surface area contributed by atoms with Gasteiger partial charge in [-0.3, -0.25) is 4.79 Å². The molecule has 0 aromatic carbocycles. The number of piperidine rings is 1. The highest BCUT2D eigenvalue weighted by Gasteiger charge is 2.14. The van der Waals surface area contributed by atoms with Gasteiger partial charge >= 0.3 is 0 Å². The van der Waals surface area contributed by atoms with Crippen LogP contribution < -0.4 is 10.6 Å². The Morgan fingerprint density at radius 1 is 1.50 bits per heavy atom. The normalized spacial score (nSPS) is 17.2. The van der Waals surface area contributed by atoms with Crippen LogP contribution in [0.15, 0.2) is 21.3 Å². The number of amides is 1. The molecule has 8 heteroatoms. The van der Waals surface area contributed by atoms with Crippen LogP contribution in [-0.2, 0) is 11.2 Å². The molecule has 2 aromatic heterocycles. The van der Waals surface area contributed by atoms with E-state index in [1.165, 1.54) is 12.8 Å². The smallest absolute Gasteiger partial charge is 0.227 e. The molecule has 1 aliphatic rings. The highest BCUT2D eigenvalue weighted by Crippen LogP contribution is 2.19. The van der Waals surface area contributed by atoms with Gasteiger partial charge in [0.1, 0.15) is 0 Å². The predicted molar refractivity (Wildman–Crippen MR) is 96.4 cm³/mol. The second kappa shape index (κ2) is 9.76. The SMILES string of the molecule is Cl.O=C(CCc1nc(-c2ccsc2)no1)NCCC1CCCNC1. The molecule has 1 atom stereocenters. The number of aromatic nitrogens is 2. The summed E-state index contributed by atoms with van der Waals surface area (Å²) in [5, 5.41) is 14.3. The van der Waals surface area contributed by atoms with Gasteiger partial charge < -0.3 is 15.2 Å². The van der Waals surface area contributed by atoms with Crippen LogP contribution in [0, 0.1) is 5.92 Å². The third-order valence-electron chi connectivity index (χ3n) is 4.09. The van der Waals surface area contributed by atoms with Gasteiger partial charge in [-0.05, 0) is 49.7 Å². The molecule has 2 N–H and O–H groups in total. The van der Waals surface area contributed by atoms with Crippen molar-refractivity contribution in [3.63, 3.8) is 0 Å². The van der Waals surface area contributed by atoms with E-state index in [1.807, 2.05) is 16.8 Å². The van der Waals surface area contributed by atoms with Crippen molar-refractivity contribution in [3.8, 4) is 11.4 Å². The van der Waals surface area contributed by atoms with Gasteiger partial charge in [0.25, 0.3) is 0 Å². The van der Waals surface area contributed by atoms with E-state index in [-0.39, 0.29) is 18.3 Å². The lowest BCUT2D eigenvalue weighted by Gasteiger charge is -2.22. The Bertz CT molecular complexity index is 611. The van der Waals surface area contributed by atoms with Crippen LogP contribution in [0.1, 0.15) is 31.6 Å². The maximum Gasteiger partial charge on any atom is 0.227 e. The Morgan fingerprint density at radius 3 is 3.17 bits per heavy atom. The molecule has 1 unspecified atom stereocenters. The number of nitrogens with zero attached hydrogens (tertiary/aromatic N) is 2. The average Bonchev–Trinajstić information content (AvgIpc) is 3.25. The number of hydrogen-bond donors (Lipinski definition) is 2. The summed E-state index contributed by atoms with van der Waals surface area (Å²) in [6.45, 7) is 2.94. The van der Waals surface area contributed by atoms with Crippen LogP contribution in [0.4, 0.5) is 0 Å². The molecule has 1 amide bonds. The van der Waals surface area contributed by atoms with E-state index >= 15 is 0 Å². The lowest BCUT2D eigenvalue weighted by molar-refractivity contribution is -0.121. The zero-order chi connectivity index (χ0) is 15.9. The van der Waals surface area contributed by atoms with Crippen LogP contribution >= 0.6 is 23.7 Å². The summed E-state index contributed by atoms with van der Waals surface area (Å²) in [7, 11) is 0. The van der Waals surface area contributed by atoms with Crippen molar-refractivity contribution >= 4 is 29.7 Å². The molecule has 2 aromatic rings. The molecule has 0 saturated carbocycles. The summed E-state index contributed by atoms with van der Waals surface area (Å²) in [4.78, 5) is 16.2. The summed E-state index contributed by atoms with van der Waals surface area (Å²) in [6, 6.07) is 1.95. The molecule has 0 radical (unpaired) electrons. The van der Waals surface area contributed by atoms with Crippen LogP contribution in [0.5, 0.6) is 0 Å². The minimum Gasteiger partial charge on any atom is -0.356 e. The Kier molecular flexibility index (Phi) is 7.68. The third kappa shape index (κ3) is 5.58. The van der Waals surface area contributed by atoms with Crippen molar-refractivity contribution in [2.75, 3.05) is 19.6 Å². The van der Waals surface area contributed by atoms with Gasteiger partial charge in [-0.2, -0.15) is 16.3 Å². The summed E-state index contributed by atoms with van der Waals surface area (Å²) < 4.78 is 5.19. The molecule has 0 aliphatic carbocycles. The Hall–Kier alpha value is -1.44. The number of carbonyl (C=O) groups excluding carboxylic acids is 1. The molecule has 6 nitrogen and oxygen atoms in total. The van der Waals surface area contributed by atoms with Gasteiger partial charge in [-0.25, -0.2) is 0 Å². The van der Waals surface area contributed by atoms with E-state index in [9.17, 15) is 4.79 Å². The highest BCUT2D eigenvalue weighted by atomic mass is 35.5. The van der Waals surface area contributed by atoms with Crippen LogP contribution in [0.2, 0.25) is 0 Å².